The van der Waals surface area contributed by atoms with E-state index in [1.54, 1.807) is 31.4 Å². The average molecular weight is 425 g/mol. The van der Waals surface area contributed by atoms with Crippen LogP contribution in [0.25, 0.3) is 16.8 Å². The lowest BCUT2D eigenvalue weighted by Gasteiger charge is -2.23. The van der Waals surface area contributed by atoms with Crippen molar-refractivity contribution in [3.05, 3.63) is 95.6 Å². The van der Waals surface area contributed by atoms with Gasteiger partial charge in [0.1, 0.15) is 11.5 Å². The second-order valence-corrected chi connectivity index (χ2v) is 7.39. The summed E-state index contributed by atoms with van der Waals surface area (Å²) in [6.45, 7) is 0. The topological polar surface area (TPSA) is 95.5 Å². The summed E-state index contributed by atoms with van der Waals surface area (Å²) in [5.41, 5.74) is 2.51. The molecule has 1 fully saturated rings. The van der Waals surface area contributed by atoms with Crippen molar-refractivity contribution in [3.8, 4) is 5.75 Å². The van der Waals surface area contributed by atoms with Gasteiger partial charge >= 0.3 is 5.91 Å². The molecule has 32 heavy (non-hydrogen) atoms. The predicted octanol–water partition coefficient (Wildman–Crippen LogP) is 4.20. The van der Waals surface area contributed by atoms with Crippen LogP contribution in [0, 0.1) is 0 Å². The van der Waals surface area contributed by atoms with E-state index in [0.717, 1.165) is 5.52 Å². The zero-order valence-electron chi connectivity index (χ0n) is 17.1. The second kappa shape index (κ2) is 7.70. The lowest BCUT2D eigenvalue weighted by atomic mass is 9.95. The number of rotatable bonds is 4. The molecule has 0 aliphatic carbocycles. The van der Waals surface area contributed by atoms with E-state index >= 15 is 0 Å². The Morgan fingerprint density at radius 2 is 1.66 bits per heavy atom. The highest BCUT2D eigenvalue weighted by atomic mass is 16.5. The minimum atomic E-state index is -0.834. The first kappa shape index (κ1) is 19.6. The van der Waals surface area contributed by atoms with Gasteiger partial charge in [0.15, 0.2) is 0 Å². The molecule has 1 atom stereocenters. The number of imidazole rings is 1. The van der Waals surface area contributed by atoms with E-state index < -0.39 is 17.7 Å². The smallest absolute Gasteiger partial charge is 0.302 e. The van der Waals surface area contributed by atoms with E-state index in [2.05, 4.69) is 9.97 Å². The lowest BCUT2D eigenvalue weighted by Crippen LogP contribution is -2.30. The van der Waals surface area contributed by atoms with Crippen molar-refractivity contribution in [1.29, 1.82) is 0 Å². The summed E-state index contributed by atoms with van der Waals surface area (Å²) < 4.78 is 5.17. The number of anilines is 1. The van der Waals surface area contributed by atoms with Gasteiger partial charge in [0, 0.05) is 5.56 Å². The van der Waals surface area contributed by atoms with Crippen LogP contribution in [0.2, 0.25) is 0 Å². The number of ether oxygens (including phenoxy) is 1. The Balaban J connectivity index is 1.70. The summed E-state index contributed by atoms with van der Waals surface area (Å²) in [7, 11) is 1.54. The third-order valence-electron chi connectivity index (χ3n) is 5.53. The quantitative estimate of drug-likeness (QED) is 0.290. The SMILES string of the molecule is COc1ccc(/C(O)=C2\C(=O)C(=O)N(c3nc4ccccc4[nH]3)C2c2ccccc2)cc1. The Morgan fingerprint density at radius 1 is 0.969 bits per heavy atom. The maximum absolute atomic E-state index is 13.2. The molecule has 3 aromatic carbocycles. The number of carbonyl (C=O) groups is 2. The molecule has 1 amide bonds. The fourth-order valence-corrected chi connectivity index (χ4v) is 3.96. The van der Waals surface area contributed by atoms with Crippen LogP contribution in [-0.2, 0) is 9.59 Å². The molecular weight excluding hydrogens is 406 g/mol. The number of ketones is 1. The normalized spacial score (nSPS) is 17.8. The molecule has 0 bridgehead atoms. The molecule has 1 aliphatic heterocycles. The second-order valence-electron chi connectivity index (χ2n) is 7.39. The van der Waals surface area contributed by atoms with Gasteiger partial charge < -0.3 is 14.8 Å². The number of hydrogen-bond donors (Lipinski definition) is 2. The Labute approximate surface area is 183 Å². The number of fused-ring (bicyclic) bond motifs is 1. The monoisotopic (exact) mass is 425 g/mol. The van der Waals surface area contributed by atoms with Gasteiger partial charge in [-0.1, -0.05) is 42.5 Å². The molecule has 2 N–H and O–H groups in total. The number of carbonyl (C=O) groups excluding carboxylic acids is 2. The predicted molar refractivity (Wildman–Crippen MR) is 120 cm³/mol. The number of methoxy groups -OCH3 is 1. The van der Waals surface area contributed by atoms with Gasteiger partial charge in [-0.15, -0.1) is 0 Å². The number of amides is 1. The summed E-state index contributed by atoms with van der Waals surface area (Å²) >= 11 is 0. The molecule has 7 nitrogen and oxygen atoms in total. The van der Waals surface area contributed by atoms with Crippen LogP contribution in [0.4, 0.5) is 5.95 Å². The number of para-hydroxylation sites is 2. The highest BCUT2D eigenvalue weighted by Crippen LogP contribution is 2.41. The van der Waals surface area contributed by atoms with Gasteiger partial charge in [0.2, 0.25) is 5.95 Å². The van der Waals surface area contributed by atoms with Crippen LogP contribution in [0.3, 0.4) is 0 Å². The van der Waals surface area contributed by atoms with Crippen LogP contribution >= 0.6 is 0 Å². The molecule has 0 saturated carbocycles. The Kier molecular flexibility index (Phi) is 4.71. The number of aliphatic hydroxyl groups excluding tert-OH is 1. The molecule has 1 aromatic heterocycles. The van der Waals surface area contributed by atoms with E-state index in [9.17, 15) is 14.7 Å². The average Bonchev–Trinajstić information content (AvgIpc) is 3.38. The van der Waals surface area contributed by atoms with Gasteiger partial charge in [0.25, 0.3) is 5.78 Å². The molecule has 0 radical (unpaired) electrons. The highest BCUT2D eigenvalue weighted by Gasteiger charge is 2.48. The van der Waals surface area contributed by atoms with Crippen LogP contribution in [0.1, 0.15) is 17.2 Å². The number of benzene rings is 3. The molecule has 0 spiro atoms. The highest BCUT2D eigenvalue weighted by molar-refractivity contribution is 6.51. The molecule has 5 rings (SSSR count). The first-order valence-corrected chi connectivity index (χ1v) is 10.0. The number of nitrogens with zero attached hydrogens (tertiary/aromatic N) is 2. The Bertz CT molecular complexity index is 1320. The van der Waals surface area contributed by atoms with E-state index in [0.29, 0.717) is 22.4 Å². The fraction of sp³-hybridized carbons (Fsp3) is 0.0800. The van der Waals surface area contributed by atoms with Crippen molar-refractivity contribution in [2.24, 2.45) is 0 Å². The minimum Gasteiger partial charge on any atom is -0.507 e. The molecular formula is C25H19N3O4. The van der Waals surface area contributed by atoms with E-state index in [1.165, 1.54) is 4.90 Å². The van der Waals surface area contributed by atoms with Gasteiger partial charge in [-0.3, -0.25) is 14.5 Å². The van der Waals surface area contributed by atoms with Crippen LogP contribution in [0.15, 0.2) is 84.4 Å². The zero-order valence-corrected chi connectivity index (χ0v) is 17.1. The van der Waals surface area contributed by atoms with Gasteiger partial charge in [-0.2, -0.15) is 0 Å². The summed E-state index contributed by atoms with van der Waals surface area (Å²) in [6.07, 6.45) is 0. The first-order chi connectivity index (χ1) is 15.6. The maximum Gasteiger partial charge on any atom is 0.302 e. The van der Waals surface area contributed by atoms with Crippen LogP contribution in [-0.4, -0.2) is 33.9 Å². The number of Topliss-reactive ketones (excluding diaryl/α,β-unsaturated/α-hetero) is 1. The Hall–Kier alpha value is -4.39. The maximum atomic E-state index is 13.2. The summed E-state index contributed by atoms with van der Waals surface area (Å²) in [5, 5.41) is 11.1. The van der Waals surface area contributed by atoms with Crippen LogP contribution < -0.4 is 9.64 Å². The largest absolute Gasteiger partial charge is 0.507 e. The van der Waals surface area contributed by atoms with Crippen molar-refractivity contribution in [1.82, 2.24) is 9.97 Å². The Morgan fingerprint density at radius 3 is 2.34 bits per heavy atom. The van der Waals surface area contributed by atoms with Gasteiger partial charge in [-0.25, -0.2) is 4.98 Å². The molecule has 2 heterocycles. The third-order valence-corrected chi connectivity index (χ3v) is 5.53. The minimum absolute atomic E-state index is 0.00632. The summed E-state index contributed by atoms with van der Waals surface area (Å²) in [6, 6.07) is 22.3. The molecule has 7 heteroatoms. The molecule has 1 saturated heterocycles. The number of hydrogen-bond acceptors (Lipinski definition) is 5. The van der Waals surface area contributed by atoms with Gasteiger partial charge in [0.05, 0.1) is 29.8 Å². The number of aromatic amines is 1. The first-order valence-electron chi connectivity index (χ1n) is 10.0. The fourth-order valence-electron chi connectivity index (χ4n) is 3.96. The van der Waals surface area contributed by atoms with Crippen molar-refractivity contribution >= 4 is 34.4 Å². The van der Waals surface area contributed by atoms with E-state index in [-0.39, 0.29) is 17.3 Å². The number of aromatic nitrogens is 2. The zero-order chi connectivity index (χ0) is 22.2. The van der Waals surface area contributed by atoms with Crippen molar-refractivity contribution in [2.75, 3.05) is 12.0 Å². The van der Waals surface area contributed by atoms with Crippen molar-refractivity contribution in [3.63, 3.8) is 0 Å². The lowest BCUT2D eigenvalue weighted by molar-refractivity contribution is -0.132. The number of nitrogens with one attached hydrogen (secondary N) is 1. The van der Waals surface area contributed by atoms with Crippen molar-refractivity contribution < 1.29 is 19.4 Å². The number of aliphatic hydroxyl groups is 1. The van der Waals surface area contributed by atoms with Gasteiger partial charge in [-0.05, 0) is 42.0 Å². The summed E-state index contributed by atoms with van der Waals surface area (Å²) in [4.78, 5) is 35.3. The standard InChI is InChI=1S/C25H19N3O4/c1-32-17-13-11-16(12-14-17)22(29)20-21(15-7-3-2-4-8-15)28(24(31)23(20)30)25-26-18-9-5-6-10-19(18)27-25/h2-14,21,29H,1H3,(H,26,27)/b22-20+. The third kappa shape index (κ3) is 3.11. The van der Waals surface area contributed by atoms with Crippen molar-refractivity contribution in [2.45, 2.75) is 6.04 Å². The molecule has 4 aromatic rings. The van der Waals surface area contributed by atoms with E-state index in [1.807, 2.05) is 54.6 Å². The summed E-state index contributed by atoms with van der Waals surface area (Å²) in [5.74, 6) is -0.918. The van der Waals surface area contributed by atoms with Crippen LogP contribution in [0.5, 0.6) is 5.75 Å². The molecule has 1 unspecified atom stereocenters. The number of H-pyrrole nitrogens is 1. The molecule has 158 valence electrons. The van der Waals surface area contributed by atoms with E-state index in [4.69, 9.17) is 4.74 Å². The molecule has 1 aliphatic rings.